The predicted molar refractivity (Wildman–Crippen MR) is 50.6 cm³/mol. The predicted octanol–water partition coefficient (Wildman–Crippen LogP) is -0.295. The molecule has 0 radical (unpaired) electrons. The summed E-state index contributed by atoms with van der Waals surface area (Å²) in [4.78, 5) is 21.7. The number of carboxylic acids is 1. The zero-order chi connectivity index (χ0) is 10.6. The molecule has 80 valence electrons. The molecule has 0 aliphatic carbocycles. The molecule has 1 aliphatic rings. The minimum atomic E-state index is -0.999. The van der Waals surface area contributed by atoms with Crippen LogP contribution in [0.2, 0.25) is 0 Å². The quantitative estimate of drug-likeness (QED) is 0.581. The van der Waals surface area contributed by atoms with Gasteiger partial charge in [0.05, 0.1) is 0 Å². The normalized spacial score (nSPS) is 24.1. The Morgan fingerprint density at radius 2 is 2.43 bits per heavy atom. The first-order valence-corrected chi connectivity index (χ1v) is 4.87. The highest BCUT2D eigenvalue weighted by atomic mass is 16.4. The first kappa shape index (κ1) is 11.0. The van der Waals surface area contributed by atoms with Gasteiger partial charge in [0.2, 0.25) is 5.91 Å². The molecule has 0 aromatic heterocycles. The van der Waals surface area contributed by atoms with E-state index >= 15 is 0 Å². The van der Waals surface area contributed by atoms with E-state index in [-0.39, 0.29) is 11.8 Å². The monoisotopic (exact) mass is 200 g/mol. The lowest BCUT2D eigenvalue weighted by Gasteiger charge is -2.22. The Kier molecular flexibility index (Phi) is 3.88. The average Bonchev–Trinajstić information content (AvgIpc) is 2.16. The lowest BCUT2D eigenvalue weighted by atomic mass is 9.92. The van der Waals surface area contributed by atoms with Crippen LogP contribution in [0.4, 0.5) is 0 Å². The van der Waals surface area contributed by atoms with Gasteiger partial charge in [0, 0.05) is 12.5 Å². The molecule has 5 nitrogen and oxygen atoms in total. The number of carboxylic acid groups (broad SMARTS) is 1. The molecule has 0 unspecified atom stereocenters. The van der Waals surface area contributed by atoms with Crippen LogP contribution in [0.5, 0.6) is 0 Å². The molecule has 14 heavy (non-hydrogen) atoms. The summed E-state index contributed by atoms with van der Waals surface area (Å²) in [6.07, 6.45) is 2.75. The highest BCUT2D eigenvalue weighted by molar-refractivity contribution is 5.79. The molecule has 0 saturated carbocycles. The van der Waals surface area contributed by atoms with Crippen LogP contribution in [0.15, 0.2) is 0 Å². The third-order valence-corrected chi connectivity index (χ3v) is 2.54. The van der Waals surface area contributed by atoms with Crippen molar-refractivity contribution < 1.29 is 14.7 Å². The summed E-state index contributed by atoms with van der Waals surface area (Å²) in [6, 6.07) is -0.843. The van der Waals surface area contributed by atoms with Crippen molar-refractivity contribution in [1.82, 2.24) is 5.32 Å². The number of piperidine rings is 1. The van der Waals surface area contributed by atoms with E-state index in [1.165, 1.54) is 0 Å². The maximum atomic E-state index is 11.3. The molecular weight excluding hydrogens is 184 g/mol. The number of rotatable bonds is 4. The number of hydrogen-bond acceptors (Lipinski definition) is 3. The number of nitrogens with two attached hydrogens (primary N) is 1. The number of amides is 1. The van der Waals surface area contributed by atoms with E-state index < -0.39 is 12.0 Å². The number of hydrogen-bond donors (Lipinski definition) is 3. The van der Waals surface area contributed by atoms with Crippen LogP contribution in [0, 0.1) is 5.92 Å². The molecule has 1 heterocycles. The van der Waals surface area contributed by atoms with Crippen molar-refractivity contribution in [2.45, 2.75) is 31.7 Å². The van der Waals surface area contributed by atoms with Gasteiger partial charge in [0.25, 0.3) is 0 Å². The van der Waals surface area contributed by atoms with Crippen molar-refractivity contribution in [2.24, 2.45) is 11.7 Å². The Morgan fingerprint density at radius 3 is 3.00 bits per heavy atom. The van der Waals surface area contributed by atoms with Crippen LogP contribution < -0.4 is 11.1 Å². The van der Waals surface area contributed by atoms with E-state index in [4.69, 9.17) is 10.8 Å². The topological polar surface area (TPSA) is 92.4 Å². The fourth-order valence-electron chi connectivity index (χ4n) is 1.62. The fourth-order valence-corrected chi connectivity index (χ4v) is 1.62. The Hall–Kier alpha value is -1.10. The van der Waals surface area contributed by atoms with Gasteiger partial charge in [-0.05, 0) is 25.7 Å². The molecule has 2 atom stereocenters. The Morgan fingerprint density at radius 1 is 1.71 bits per heavy atom. The third-order valence-electron chi connectivity index (χ3n) is 2.54. The second kappa shape index (κ2) is 4.95. The van der Waals surface area contributed by atoms with Crippen molar-refractivity contribution >= 4 is 11.9 Å². The molecule has 1 aliphatic heterocycles. The van der Waals surface area contributed by atoms with Crippen molar-refractivity contribution in [2.75, 3.05) is 6.54 Å². The molecule has 0 aromatic rings. The van der Waals surface area contributed by atoms with Crippen molar-refractivity contribution in [3.63, 3.8) is 0 Å². The Balaban J connectivity index is 2.29. The minimum Gasteiger partial charge on any atom is -0.480 e. The van der Waals surface area contributed by atoms with Crippen molar-refractivity contribution in [3.8, 4) is 0 Å². The first-order chi connectivity index (χ1) is 6.61. The number of aliphatic carboxylic acids is 1. The van der Waals surface area contributed by atoms with Crippen LogP contribution in [-0.4, -0.2) is 29.6 Å². The van der Waals surface area contributed by atoms with E-state index in [1.807, 2.05) is 0 Å². The van der Waals surface area contributed by atoms with Gasteiger partial charge in [-0.2, -0.15) is 0 Å². The molecular formula is C9H16N2O3. The van der Waals surface area contributed by atoms with Crippen LogP contribution in [0.3, 0.4) is 0 Å². The number of carbonyl (C=O) groups excluding carboxylic acids is 1. The van der Waals surface area contributed by atoms with E-state index in [1.54, 1.807) is 0 Å². The van der Waals surface area contributed by atoms with Crippen LogP contribution in [0.1, 0.15) is 25.7 Å². The zero-order valence-corrected chi connectivity index (χ0v) is 8.03. The molecule has 1 saturated heterocycles. The third kappa shape index (κ3) is 2.99. The average molecular weight is 200 g/mol. The van der Waals surface area contributed by atoms with Crippen molar-refractivity contribution in [1.29, 1.82) is 0 Å². The number of nitrogens with one attached hydrogen (secondary N) is 1. The SMILES string of the molecule is N[C@@H](CC[C@@H]1CCCNC1=O)C(=O)O. The van der Waals surface area contributed by atoms with Gasteiger partial charge < -0.3 is 16.2 Å². The summed E-state index contributed by atoms with van der Waals surface area (Å²) < 4.78 is 0. The molecule has 0 spiro atoms. The van der Waals surface area contributed by atoms with Gasteiger partial charge in [-0.3, -0.25) is 9.59 Å². The molecule has 5 heteroatoms. The van der Waals surface area contributed by atoms with E-state index in [9.17, 15) is 9.59 Å². The van der Waals surface area contributed by atoms with Crippen LogP contribution in [-0.2, 0) is 9.59 Å². The summed E-state index contributed by atoms with van der Waals surface area (Å²) >= 11 is 0. The van der Waals surface area contributed by atoms with Crippen LogP contribution in [0.25, 0.3) is 0 Å². The zero-order valence-electron chi connectivity index (χ0n) is 8.03. The Bertz CT molecular complexity index is 230. The summed E-state index contributed by atoms with van der Waals surface area (Å²) in [5.41, 5.74) is 5.35. The highest BCUT2D eigenvalue weighted by Crippen LogP contribution is 2.17. The van der Waals surface area contributed by atoms with E-state index in [0.29, 0.717) is 12.8 Å². The second-order valence-electron chi connectivity index (χ2n) is 3.65. The molecule has 1 fully saturated rings. The van der Waals surface area contributed by atoms with Gasteiger partial charge in [-0.1, -0.05) is 0 Å². The standard InChI is InChI=1S/C9H16N2O3/c10-7(9(13)14)4-3-6-2-1-5-11-8(6)12/h6-7H,1-5,10H2,(H,11,12)(H,13,14)/t6-,7-/m0/s1. The van der Waals surface area contributed by atoms with Gasteiger partial charge in [0.1, 0.15) is 6.04 Å². The second-order valence-corrected chi connectivity index (χ2v) is 3.65. The van der Waals surface area contributed by atoms with Crippen molar-refractivity contribution in [3.05, 3.63) is 0 Å². The fraction of sp³-hybridized carbons (Fsp3) is 0.778. The maximum absolute atomic E-state index is 11.3. The summed E-state index contributed by atoms with van der Waals surface area (Å²) in [7, 11) is 0. The highest BCUT2D eigenvalue weighted by Gasteiger charge is 2.23. The molecule has 1 rings (SSSR count). The van der Waals surface area contributed by atoms with Crippen LogP contribution >= 0.6 is 0 Å². The lowest BCUT2D eigenvalue weighted by Crippen LogP contribution is -2.38. The van der Waals surface area contributed by atoms with Gasteiger partial charge in [0.15, 0.2) is 0 Å². The summed E-state index contributed by atoms with van der Waals surface area (Å²) in [5.74, 6) is -1.01. The Labute approximate surface area is 82.7 Å². The van der Waals surface area contributed by atoms with E-state index in [0.717, 1.165) is 19.4 Å². The molecule has 0 bridgehead atoms. The van der Waals surface area contributed by atoms with Gasteiger partial charge >= 0.3 is 5.97 Å². The van der Waals surface area contributed by atoms with Gasteiger partial charge in [-0.25, -0.2) is 0 Å². The summed E-state index contributed by atoms with van der Waals surface area (Å²) in [6.45, 7) is 0.736. The minimum absolute atomic E-state index is 0.0360. The molecule has 0 aromatic carbocycles. The molecule has 4 N–H and O–H groups in total. The van der Waals surface area contributed by atoms with Gasteiger partial charge in [-0.15, -0.1) is 0 Å². The molecule has 1 amide bonds. The largest absolute Gasteiger partial charge is 0.480 e. The first-order valence-electron chi connectivity index (χ1n) is 4.87. The van der Waals surface area contributed by atoms with E-state index in [2.05, 4.69) is 5.32 Å². The maximum Gasteiger partial charge on any atom is 0.320 e. The summed E-state index contributed by atoms with van der Waals surface area (Å²) in [5, 5.41) is 11.3. The smallest absolute Gasteiger partial charge is 0.320 e. The lowest BCUT2D eigenvalue weighted by molar-refractivity contribution is -0.139. The number of carbonyl (C=O) groups is 2.